The van der Waals surface area contributed by atoms with Crippen LogP contribution in [0.4, 0.5) is 11.4 Å². The van der Waals surface area contributed by atoms with E-state index in [1.165, 1.54) is 4.31 Å². The van der Waals surface area contributed by atoms with Crippen LogP contribution in [0.3, 0.4) is 0 Å². The lowest BCUT2D eigenvalue weighted by Gasteiger charge is -2.26. The Kier molecular flexibility index (Phi) is 6.72. The molecular weight excluding hydrogens is 432 g/mol. The molecule has 0 aliphatic carbocycles. The highest BCUT2D eigenvalue weighted by Gasteiger charge is 2.28. The summed E-state index contributed by atoms with van der Waals surface area (Å²) in [6, 6.07) is 17.1. The predicted molar refractivity (Wildman–Crippen MR) is 126 cm³/mol. The summed E-state index contributed by atoms with van der Waals surface area (Å²) in [5, 5.41) is 3.37. The van der Waals surface area contributed by atoms with Gasteiger partial charge >= 0.3 is 0 Å². The van der Waals surface area contributed by atoms with Crippen molar-refractivity contribution in [2.45, 2.75) is 32.6 Å². The van der Waals surface area contributed by atoms with Gasteiger partial charge in [0.15, 0.2) is 0 Å². The van der Waals surface area contributed by atoms with Gasteiger partial charge in [0.25, 0.3) is 10.0 Å². The van der Waals surface area contributed by atoms with Gasteiger partial charge in [-0.1, -0.05) is 41.4 Å². The molecule has 3 rings (SSSR count). The highest BCUT2D eigenvalue weighted by molar-refractivity contribution is 7.92. The number of hydrogen-bond acceptors (Lipinski definition) is 3. The second-order valence-corrected chi connectivity index (χ2v) is 9.85. The van der Waals surface area contributed by atoms with E-state index in [4.69, 9.17) is 11.6 Å². The monoisotopic (exact) mass is 456 g/mol. The lowest BCUT2D eigenvalue weighted by molar-refractivity contribution is -0.114. The smallest absolute Gasteiger partial charge is 0.264 e. The first-order chi connectivity index (χ1) is 14.6. The van der Waals surface area contributed by atoms with Crippen molar-refractivity contribution in [3.05, 3.63) is 87.9 Å². The van der Waals surface area contributed by atoms with E-state index in [1.807, 2.05) is 33.8 Å². The third-order valence-corrected chi connectivity index (χ3v) is 7.21. The third kappa shape index (κ3) is 5.09. The highest BCUT2D eigenvalue weighted by atomic mass is 35.5. The van der Waals surface area contributed by atoms with Crippen molar-refractivity contribution in [3.63, 3.8) is 0 Å². The molecule has 0 saturated heterocycles. The first-order valence-corrected chi connectivity index (χ1v) is 11.6. The number of sulfonamides is 1. The molecule has 0 bridgehead atoms. The van der Waals surface area contributed by atoms with E-state index in [-0.39, 0.29) is 11.4 Å². The number of anilines is 2. The van der Waals surface area contributed by atoms with Crippen molar-refractivity contribution in [1.29, 1.82) is 0 Å². The molecule has 0 unspecified atom stereocenters. The molecule has 0 heterocycles. The van der Waals surface area contributed by atoms with Gasteiger partial charge in [-0.2, -0.15) is 0 Å². The van der Waals surface area contributed by atoms with Crippen molar-refractivity contribution in [3.8, 4) is 0 Å². The van der Waals surface area contributed by atoms with Crippen LogP contribution in [0.2, 0.25) is 5.02 Å². The number of halogens is 1. The van der Waals surface area contributed by atoms with E-state index >= 15 is 0 Å². The van der Waals surface area contributed by atoms with Crippen molar-refractivity contribution in [2.75, 3.05) is 16.2 Å². The summed E-state index contributed by atoms with van der Waals surface area (Å²) >= 11 is 5.99. The molecule has 0 atom stereocenters. The molecular formula is C24H25ClN2O3S. The second-order valence-electron chi connectivity index (χ2n) is 7.55. The molecule has 0 aliphatic heterocycles. The van der Waals surface area contributed by atoms with Gasteiger partial charge in [-0.3, -0.25) is 9.10 Å². The Hall–Kier alpha value is -2.83. The van der Waals surface area contributed by atoms with Crippen LogP contribution in [-0.2, 0) is 14.8 Å². The van der Waals surface area contributed by atoms with Gasteiger partial charge in [0.05, 0.1) is 10.6 Å². The quantitative estimate of drug-likeness (QED) is 0.539. The van der Waals surface area contributed by atoms with Crippen LogP contribution >= 0.6 is 11.6 Å². The topological polar surface area (TPSA) is 66.5 Å². The predicted octanol–water partition coefficient (Wildman–Crippen LogP) is 5.41. The molecule has 0 radical (unpaired) electrons. The number of amides is 1. The Labute approximate surface area is 188 Å². The molecule has 3 aromatic rings. The van der Waals surface area contributed by atoms with Crippen LogP contribution in [0.5, 0.6) is 0 Å². The van der Waals surface area contributed by atoms with Crippen LogP contribution in [0.25, 0.3) is 0 Å². The number of benzene rings is 3. The number of aryl methyl sites for hydroxylation is 3. The summed E-state index contributed by atoms with van der Waals surface area (Å²) in [5.41, 5.74) is 4.55. The fourth-order valence-electron chi connectivity index (χ4n) is 3.23. The Morgan fingerprint density at radius 1 is 0.935 bits per heavy atom. The first-order valence-electron chi connectivity index (χ1n) is 9.81. The number of nitrogens with one attached hydrogen (secondary N) is 1. The van der Waals surface area contributed by atoms with E-state index in [1.54, 1.807) is 54.6 Å². The maximum absolute atomic E-state index is 13.5. The van der Waals surface area contributed by atoms with Crippen LogP contribution in [0.1, 0.15) is 22.3 Å². The molecule has 31 heavy (non-hydrogen) atoms. The number of carbonyl (C=O) groups is 1. The van der Waals surface area contributed by atoms with Gasteiger partial charge in [0, 0.05) is 10.7 Å². The number of hydrogen-bond donors (Lipinski definition) is 1. The minimum absolute atomic E-state index is 0.134. The maximum Gasteiger partial charge on any atom is 0.264 e. The van der Waals surface area contributed by atoms with Crippen LogP contribution < -0.4 is 9.62 Å². The van der Waals surface area contributed by atoms with Gasteiger partial charge in [0.2, 0.25) is 5.91 Å². The summed E-state index contributed by atoms with van der Waals surface area (Å²) in [6.45, 7) is 7.12. The lowest BCUT2D eigenvalue weighted by atomic mass is 10.1. The van der Waals surface area contributed by atoms with Gasteiger partial charge < -0.3 is 5.32 Å². The van der Waals surface area contributed by atoms with Crippen LogP contribution in [-0.4, -0.2) is 20.9 Å². The zero-order valence-corrected chi connectivity index (χ0v) is 19.5. The van der Waals surface area contributed by atoms with Crippen molar-refractivity contribution < 1.29 is 13.2 Å². The Balaban J connectivity index is 2.00. The minimum atomic E-state index is -3.96. The zero-order chi connectivity index (χ0) is 22.8. The van der Waals surface area contributed by atoms with Crippen LogP contribution in [0, 0.1) is 27.7 Å². The van der Waals surface area contributed by atoms with Gasteiger partial charge in [0.1, 0.15) is 6.54 Å². The molecule has 0 spiro atoms. The second kappa shape index (κ2) is 9.12. The molecule has 0 aliphatic rings. The Morgan fingerprint density at radius 2 is 1.61 bits per heavy atom. The van der Waals surface area contributed by atoms with E-state index in [0.717, 1.165) is 22.3 Å². The Morgan fingerprint density at radius 3 is 2.26 bits per heavy atom. The Bertz CT molecular complexity index is 1220. The van der Waals surface area contributed by atoms with E-state index in [0.29, 0.717) is 16.4 Å². The molecule has 0 saturated carbocycles. The molecule has 1 N–H and O–H groups in total. The van der Waals surface area contributed by atoms with Gasteiger partial charge in [-0.05, 0) is 80.8 Å². The fraction of sp³-hybridized carbons (Fsp3) is 0.208. The van der Waals surface area contributed by atoms with E-state index in [9.17, 15) is 13.2 Å². The molecule has 0 aromatic heterocycles. The summed E-state index contributed by atoms with van der Waals surface area (Å²) in [7, 11) is -3.96. The van der Waals surface area contributed by atoms with Crippen molar-refractivity contribution >= 4 is 38.9 Å². The minimum Gasteiger partial charge on any atom is -0.324 e. The number of carbonyl (C=O) groups excluding carboxylic acids is 1. The summed E-state index contributed by atoms with van der Waals surface area (Å²) < 4.78 is 28.2. The van der Waals surface area contributed by atoms with Gasteiger partial charge in [-0.25, -0.2) is 8.42 Å². The normalized spacial score (nSPS) is 11.3. The largest absolute Gasteiger partial charge is 0.324 e. The summed E-state index contributed by atoms with van der Waals surface area (Å²) in [6.07, 6.45) is 0. The molecule has 162 valence electrons. The third-order valence-electron chi connectivity index (χ3n) is 5.20. The highest BCUT2D eigenvalue weighted by Crippen LogP contribution is 2.29. The molecule has 0 fully saturated rings. The standard InChI is InChI=1S/C24H25ClN2O3S/c1-16-8-11-21(12-9-16)31(29,30)27(23-7-5-6-17(2)19(23)4)15-24(28)26-22-13-10-20(25)14-18(22)3/h5-14H,15H2,1-4H3,(H,26,28). The average molecular weight is 457 g/mol. The van der Waals surface area contributed by atoms with Crippen molar-refractivity contribution in [2.24, 2.45) is 0 Å². The maximum atomic E-state index is 13.5. The van der Waals surface area contributed by atoms with E-state index < -0.39 is 15.9 Å². The SMILES string of the molecule is Cc1ccc(S(=O)(=O)N(CC(=O)Nc2ccc(Cl)cc2C)c2cccc(C)c2C)cc1. The molecule has 7 heteroatoms. The summed E-state index contributed by atoms with van der Waals surface area (Å²) in [5.74, 6) is -0.443. The molecule has 5 nitrogen and oxygen atoms in total. The first kappa shape index (κ1) is 22.8. The number of nitrogens with zero attached hydrogens (tertiary/aromatic N) is 1. The number of rotatable bonds is 6. The van der Waals surface area contributed by atoms with Crippen LogP contribution in [0.15, 0.2) is 65.6 Å². The molecule has 1 amide bonds. The van der Waals surface area contributed by atoms with Crippen molar-refractivity contribution in [1.82, 2.24) is 0 Å². The summed E-state index contributed by atoms with van der Waals surface area (Å²) in [4.78, 5) is 13.0. The van der Waals surface area contributed by atoms with E-state index in [2.05, 4.69) is 5.32 Å². The lowest BCUT2D eigenvalue weighted by Crippen LogP contribution is -2.38. The fourth-order valence-corrected chi connectivity index (χ4v) is 4.94. The zero-order valence-electron chi connectivity index (χ0n) is 17.9. The average Bonchev–Trinajstić information content (AvgIpc) is 2.71. The van der Waals surface area contributed by atoms with Gasteiger partial charge in [-0.15, -0.1) is 0 Å². The molecule has 3 aromatic carbocycles.